The monoisotopic (exact) mass is 296 g/mol. The number of hydrogen-bond acceptors (Lipinski definition) is 2. The van der Waals surface area contributed by atoms with Crippen molar-refractivity contribution in [1.82, 2.24) is 0 Å². The second kappa shape index (κ2) is 4.15. The van der Waals surface area contributed by atoms with Gasteiger partial charge >= 0.3 is 5.97 Å². The van der Waals surface area contributed by atoms with E-state index in [1.807, 2.05) is 13.0 Å². The zero-order valence-electron chi connectivity index (χ0n) is 13.3. The Bertz CT molecular complexity index is 594. The van der Waals surface area contributed by atoms with Gasteiger partial charge < -0.3 is 4.74 Å². The van der Waals surface area contributed by atoms with Crippen LogP contribution in [0, 0.1) is 29.1 Å². The molecule has 4 fully saturated rings. The summed E-state index contributed by atoms with van der Waals surface area (Å²) in [4.78, 5) is 12.5. The van der Waals surface area contributed by atoms with Gasteiger partial charge in [0.1, 0.15) is 5.60 Å². The fraction of sp³-hybridized carbons (Fsp3) is 0.650. The summed E-state index contributed by atoms with van der Waals surface area (Å²) in [6.45, 7) is 2.03. The van der Waals surface area contributed by atoms with E-state index in [-0.39, 0.29) is 17.5 Å². The zero-order valence-corrected chi connectivity index (χ0v) is 13.3. The van der Waals surface area contributed by atoms with Gasteiger partial charge in [-0.05, 0) is 61.8 Å². The van der Waals surface area contributed by atoms with Gasteiger partial charge in [0.2, 0.25) is 0 Å². The highest BCUT2D eigenvalue weighted by molar-refractivity contribution is 5.73. The molecule has 1 spiro atoms. The Morgan fingerprint density at radius 3 is 2.45 bits per heavy atom. The van der Waals surface area contributed by atoms with Gasteiger partial charge in [-0.3, -0.25) is 4.79 Å². The molecule has 0 saturated heterocycles. The van der Waals surface area contributed by atoms with Crippen molar-refractivity contribution in [2.24, 2.45) is 29.1 Å². The highest BCUT2D eigenvalue weighted by Gasteiger charge is 2.89. The second-order valence-electron chi connectivity index (χ2n) is 8.24. The first-order chi connectivity index (χ1) is 10.7. The molecule has 2 nitrogen and oxygen atoms in total. The molecule has 0 N–H and O–H groups in total. The summed E-state index contributed by atoms with van der Waals surface area (Å²) in [6.07, 6.45) is 7.01. The SMILES string of the molecule is CC(CCc1ccccc1)C(=O)OC12CC3CC4CC(C1)C432. The number of carbonyl (C=O) groups is 1. The molecule has 22 heavy (non-hydrogen) atoms. The number of carbonyl (C=O) groups excluding carboxylic acids is 1. The van der Waals surface area contributed by atoms with Crippen LogP contribution in [0.1, 0.15) is 44.6 Å². The molecule has 0 amide bonds. The first-order valence-electron chi connectivity index (χ1n) is 8.92. The molecule has 4 aliphatic carbocycles. The first-order valence-corrected chi connectivity index (χ1v) is 8.92. The lowest BCUT2D eigenvalue weighted by atomic mass is 9.16. The van der Waals surface area contributed by atoms with Crippen molar-refractivity contribution in [1.29, 1.82) is 0 Å². The van der Waals surface area contributed by atoms with E-state index >= 15 is 0 Å². The number of benzene rings is 1. The van der Waals surface area contributed by atoms with Crippen LogP contribution in [0.4, 0.5) is 0 Å². The number of rotatable bonds is 5. The van der Waals surface area contributed by atoms with Crippen LogP contribution in [-0.2, 0) is 16.0 Å². The van der Waals surface area contributed by atoms with Gasteiger partial charge in [0.15, 0.2) is 0 Å². The summed E-state index contributed by atoms with van der Waals surface area (Å²) in [6, 6.07) is 10.4. The third kappa shape index (κ3) is 1.36. The van der Waals surface area contributed by atoms with E-state index < -0.39 is 0 Å². The van der Waals surface area contributed by atoms with Gasteiger partial charge in [-0.15, -0.1) is 0 Å². The lowest BCUT2D eigenvalue weighted by Crippen LogP contribution is -2.89. The van der Waals surface area contributed by atoms with Crippen molar-refractivity contribution >= 4 is 5.97 Å². The van der Waals surface area contributed by atoms with Crippen LogP contribution >= 0.6 is 0 Å². The van der Waals surface area contributed by atoms with Crippen molar-refractivity contribution < 1.29 is 9.53 Å². The fourth-order valence-electron chi connectivity index (χ4n) is 6.44. The second-order valence-corrected chi connectivity index (χ2v) is 8.24. The van der Waals surface area contributed by atoms with Crippen molar-refractivity contribution in [3.05, 3.63) is 35.9 Å². The summed E-state index contributed by atoms with van der Waals surface area (Å²) in [7, 11) is 0. The van der Waals surface area contributed by atoms with Gasteiger partial charge in [0, 0.05) is 5.41 Å². The van der Waals surface area contributed by atoms with Crippen molar-refractivity contribution in [3.8, 4) is 0 Å². The predicted octanol–water partition coefficient (Wildman–Crippen LogP) is 3.99. The van der Waals surface area contributed by atoms with Crippen molar-refractivity contribution in [2.45, 2.75) is 51.0 Å². The largest absolute Gasteiger partial charge is 0.458 e. The first kappa shape index (κ1) is 13.2. The van der Waals surface area contributed by atoms with E-state index in [0.29, 0.717) is 5.41 Å². The Kier molecular flexibility index (Phi) is 2.48. The lowest BCUT2D eigenvalue weighted by Gasteiger charge is -2.89. The Labute approximate surface area is 132 Å². The molecular formula is C20H24O2. The molecule has 0 radical (unpaired) electrons. The number of esters is 1. The van der Waals surface area contributed by atoms with Gasteiger partial charge in [0.05, 0.1) is 5.92 Å². The summed E-state index contributed by atoms with van der Waals surface area (Å²) < 4.78 is 6.11. The maximum absolute atomic E-state index is 12.5. The molecule has 4 aliphatic rings. The van der Waals surface area contributed by atoms with Gasteiger partial charge in [-0.1, -0.05) is 37.3 Å². The van der Waals surface area contributed by atoms with Crippen LogP contribution in [0.2, 0.25) is 0 Å². The Hall–Kier alpha value is -1.31. The van der Waals surface area contributed by atoms with Crippen LogP contribution in [0.5, 0.6) is 0 Å². The minimum atomic E-state index is -0.0123. The normalized spacial score (nSPS) is 44.1. The van der Waals surface area contributed by atoms with E-state index in [0.717, 1.165) is 43.4 Å². The molecule has 0 heterocycles. The van der Waals surface area contributed by atoms with Crippen LogP contribution in [0.25, 0.3) is 0 Å². The van der Waals surface area contributed by atoms with E-state index in [9.17, 15) is 4.79 Å². The van der Waals surface area contributed by atoms with E-state index in [2.05, 4.69) is 24.3 Å². The maximum Gasteiger partial charge on any atom is 0.309 e. The summed E-state index contributed by atoms with van der Waals surface area (Å²) in [5.74, 6) is 2.77. The number of ether oxygens (including phenoxy) is 1. The molecule has 116 valence electrons. The molecule has 3 atom stereocenters. The summed E-state index contributed by atoms with van der Waals surface area (Å²) in [5, 5.41) is 0. The van der Waals surface area contributed by atoms with Crippen molar-refractivity contribution in [3.63, 3.8) is 0 Å². The lowest BCUT2D eigenvalue weighted by molar-refractivity contribution is -0.449. The minimum Gasteiger partial charge on any atom is -0.458 e. The predicted molar refractivity (Wildman–Crippen MR) is 84.1 cm³/mol. The summed E-state index contributed by atoms with van der Waals surface area (Å²) >= 11 is 0. The molecule has 1 aromatic rings. The van der Waals surface area contributed by atoms with Gasteiger partial charge in [0.25, 0.3) is 0 Å². The number of aryl methyl sites for hydroxylation is 1. The molecule has 3 unspecified atom stereocenters. The fourth-order valence-corrected chi connectivity index (χ4v) is 6.44. The molecule has 4 saturated carbocycles. The Morgan fingerprint density at radius 1 is 1.18 bits per heavy atom. The molecule has 0 aromatic heterocycles. The molecular weight excluding hydrogens is 272 g/mol. The van der Waals surface area contributed by atoms with Crippen LogP contribution in [0.3, 0.4) is 0 Å². The molecule has 0 bridgehead atoms. The maximum atomic E-state index is 12.5. The van der Waals surface area contributed by atoms with Crippen LogP contribution in [0.15, 0.2) is 30.3 Å². The summed E-state index contributed by atoms with van der Waals surface area (Å²) in [5.41, 5.74) is 1.79. The topological polar surface area (TPSA) is 26.3 Å². The zero-order chi connectivity index (χ0) is 14.9. The van der Waals surface area contributed by atoms with Crippen LogP contribution in [-0.4, -0.2) is 11.6 Å². The quantitative estimate of drug-likeness (QED) is 0.768. The highest BCUT2D eigenvalue weighted by Crippen LogP contribution is 2.90. The van der Waals surface area contributed by atoms with E-state index in [1.165, 1.54) is 18.4 Å². The van der Waals surface area contributed by atoms with Crippen LogP contribution < -0.4 is 0 Å². The Balaban J connectivity index is 1.19. The van der Waals surface area contributed by atoms with E-state index in [4.69, 9.17) is 4.74 Å². The third-order valence-corrected chi connectivity index (χ3v) is 7.51. The molecule has 0 aliphatic heterocycles. The molecule has 1 aromatic carbocycles. The minimum absolute atomic E-state index is 0.0123. The average molecular weight is 296 g/mol. The highest BCUT2D eigenvalue weighted by atomic mass is 16.6. The van der Waals surface area contributed by atoms with Crippen molar-refractivity contribution in [2.75, 3.05) is 0 Å². The standard InChI is InChI=1S/C20H24O2/c1-13(7-8-14-5-3-2-4-6-14)18(21)22-19-11-16-9-15-10-17(12-19)20(15,16)19/h2-6,13,15-17H,7-12H2,1H3. The average Bonchev–Trinajstić information content (AvgIpc) is 2.46. The molecule has 5 rings (SSSR count). The Morgan fingerprint density at radius 2 is 1.86 bits per heavy atom. The third-order valence-electron chi connectivity index (χ3n) is 7.51. The van der Waals surface area contributed by atoms with Gasteiger partial charge in [-0.25, -0.2) is 0 Å². The number of hydrogen-bond donors (Lipinski definition) is 0. The smallest absolute Gasteiger partial charge is 0.309 e. The van der Waals surface area contributed by atoms with Gasteiger partial charge in [-0.2, -0.15) is 0 Å². The van der Waals surface area contributed by atoms with E-state index in [1.54, 1.807) is 0 Å². The molecule has 2 heteroatoms.